The van der Waals surface area contributed by atoms with Crippen molar-refractivity contribution in [3.63, 3.8) is 0 Å². The van der Waals surface area contributed by atoms with Gasteiger partial charge in [-0.05, 0) is 43.5 Å². The van der Waals surface area contributed by atoms with Gasteiger partial charge in [0.1, 0.15) is 0 Å². The summed E-state index contributed by atoms with van der Waals surface area (Å²) in [4.78, 5) is 13.3. The maximum atomic E-state index is 11.1. The van der Waals surface area contributed by atoms with Crippen LogP contribution in [0.5, 0.6) is 0 Å². The number of amides is 1. The molecule has 1 heterocycles. The van der Waals surface area contributed by atoms with Gasteiger partial charge < -0.3 is 10.8 Å². The zero-order chi connectivity index (χ0) is 13.3. The zero-order valence-corrected chi connectivity index (χ0v) is 10.9. The van der Waals surface area contributed by atoms with Gasteiger partial charge in [0, 0.05) is 25.2 Å². The van der Waals surface area contributed by atoms with Gasteiger partial charge >= 0.3 is 0 Å². The molecule has 1 saturated heterocycles. The first-order valence-electron chi connectivity index (χ1n) is 6.21. The Morgan fingerprint density at radius 1 is 1.56 bits per heavy atom. The van der Waals surface area contributed by atoms with Crippen molar-refractivity contribution in [3.05, 3.63) is 34.9 Å². The summed E-state index contributed by atoms with van der Waals surface area (Å²) in [5, 5.41) is 9.93. The predicted molar refractivity (Wildman–Crippen MR) is 70.2 cm³/mol. The number of benzene rings is 1. The summed E-state index contributed by atoms with van der Waals surface area (Å²) in [6.07, 6.45) is 0.811. The largest absolute Gasteiger partial charge is 0.389 e. The van der Waals surface area contributed by atoms with Gasteiger partial charge in [-0.15, -0.1) is 0 Å². The monoisotopic (exact) mass is 248 g/mol. The summed E-state index contributed by atoms with van der Waals surface area (Å²) >= 11 is 0. The van der Waals surface area contributed by atoms with Gasteiger partial charge in [-0.1, -0.05) is 6.07 Å². The van der Waals surface area contributed by atoms with E-state index < -0.39 is 11.5 Å². The minimum atomic E-state index is -0.568. The fourth-order valence-corrected chi connectivity index (χ4v) is 2.44. The van der Waals surface area contributed by atoms with Crippen molar-refractivity contribution in [2.75, 3.05) is 13.1 Å². The minimum Gasteiger partial charge on any atom is -0.389 e. The third-order valence-corrected chi connectivity index (χ3v) is 3.55. The maximum Gasteiger partial charge on any atom is 0.248 e. The third kappa shape index (κ3) is 2.89. The van der Waals surface area contributed by atoms with Gasteiger partial charge in [0.15, 0.2) is 0 Å². The number of carbonyl (C=O) groups excluding carboxylic acids is 1. The van der Waals surface area contributed by atoms with Gasteiger partial charge in [-0.25, -0.2) is 0 Å². The average molecular weight is 248 g/mol. The van der Waals surface area contributed by atoms with E-state index in [9.17, 15) is 9.90 Å². The molecule has 3 N–H and O–H groups in total. The van der Waals surface area contributed by atoms with E-state index in [2.05, 4.69) is 4.90 Å². The van der Waals surface area contributed by atoms with E-state index in [0.29, 0.717) is 12.1 Å². The van der Waals surface area contributed by atoms with Crippen LogP contribution < -0.4 is 5.73 Å². The predicted octanol–water partition coefficient (Wildman–Crippen LogP) is 1.05. The van der Waals surface area contributed by atoms with Crippen molar-refractivity contribution in [1.82, 2.24) is 4.90 Å². The molecular formula is C14H20N2O2. The Labute approximate surface area is 107 Å². The standard InChI is InChI=1S/C14H20N2O2/c1-10-7-11(13(15)17)3-4-12(10)8-16-6-5-14(2,18)9-16/h3-4,7,18H,5-6,8-9H2,1-2H3,(H2,15,17). The molecule has 0 bridgehead atoms. The van der Waals surface area contributed by atoms with Gasteiger partial charge in [-0.3, -0.25) is 9.69 Å². The lowest BCUT2D eigenvalue weighted by Crippen LogP contribution is -2.29. The van der Waals surface area contributed by atoms with Crippen molar-refractivity contribution >= 4 is 5.91 Å². The molecule has 4 heteroatoms. The van der Waals surface area contributed by atoms with Crippen LogP contribution in [0.2, 0.25) is 0 Å². The molecule has 18 heavy (non-hydrogen) atoms. The Hall–Kier alpha value is -1.39. The molecule has 4 nitrogen and oxygen atoms in total. The van der Waals surface area contributed by atoms with Gasteiger partial charge in [0.25, 0.3) is 0 Å². The number of rotatable bonds is 3. The Kier molecular flexibility index (Phi) is 3.41. The summed E-state index contributed by atoms with van der Waals surface area (Å²) in [5.41, 5.74) is 7.47. The molecular weight excluding hydrogens is 228 g/mol. The van der Waals surface area contributed by atoms with Crippen molar-refractivity contribution < 1.29 is 9.90 Å². The number of aliphatic hydroxyl groups is 1. The Balaban J connectivity index is 2.09. The number of β-amino-alcohol motifs (C(OH)–C–C–N with tert-alkyl or cyclic N) is 1. The first-order chi connectivity index (χ1) is 8.37. The molecule has 1 atom stereocenters. The summed E-state index contributed by atoms with van der Waals surface area (Å²) in [7, 11) is 0. The Morgan fingerprint density at radius 3 is 2.78 bits per heavy atom. The summed E-state index contributed by atoms with van der Waals surface area (Å²) in [6.45, 7) is 6.26. The summed E-state index contributed by atoms with van der Waals surface area (Å²) in [5.74, 6) is -0.395. The lowest BCUT2D eigenvalue weighted by Gasteiger charge is -2.19. The van der Waals surface area contributed by atoms with E-state index in [1.807, 2.05) is 26.0 Å². The van der Waals surface area contributed by atoms with Crippen LogP contribution in [0.15, 0.2) is 18.2 Å². The number of nitrogens with two attached hydrogens (primary N) is 1. The second-order valence-corrected chi connectivity index (χ2v) is 5.46. The van der Waals surface area contributed by atoms with Crippen LogP contribution in [-0.4, -0.2) is 34.6 Å². The maximum absolute atomic E-state index is 11.1. The molecule has 98 valence electrons. The molecule has 1 aliphatic rings. The van der Waals surface area contributed by atoms with Crippen LogP contribution in [0, 0.1) is 6.92 Å². The number of aryl methyl sites for hydroxylation is 1. The van der Waals surface area contributed by atoms with Crippen LogP contribution in [0.25, 0.3) is 0 Å². The lowest BCUT2D eigenvalue weighted by atomic mass is 10.0. The summed E-state index contributed by atoms with van der Waals surface area (Å²) in [6, 6.07) is 5.53. The minimum absolute atomic E-state index is 0.395. The molecule has 1 aromatic rings. The molecule has 0 spiro atoms. The normalized spacial score (nSPS) is 24.4. The van der Waals surface area contributed by atoms with Crippen molar-refractivity contribution in [1.29, 1.82) is 0 Å². The second kappa shape index (κ2) is 4.71. The number of hydrogen-bond donors (Lipinski definition) is 2. The highest BCUT2D eigenvalue weighted by Crippen LogP contribution is 2.23. The van der Waals surface area contributed by atoms with Crippen LogP contribution in [0.4, 0.5) is 0 Å². The molecule has 1 unspecified atom stereocenters. The van der Waals surface area contributed by atoms with Gasteiger partial charge in [0.05, 0.1) is 5.60 Å². The van der Waals surface area contributed by atoms with Crippen LogP contribution in [-0.2, 0) is 6.54 Å². The molecule has 0 aliphatic carbocycles. The Bertz CT molecular complexity index is 469. The number of primary amides is 1. The molecule has 2 rings (SSSR count). The Morgan fingerprint density at radius 2 is 2.28 bits per heavy atom. The molecule has 1 aromatic carbocycles. The quantitative estimate of drug-likeness (QED) is 0.840. The average Bonchev–Trinajstić information content (AvgIpc) is 2.61. The van der Waals surface area contributed by atoms with Gasteiger partial charge in [-0.2, -0.15) is 0 Å². The fourth-order valence-electron chi connectivity index (χ4n) is 2.44. The highest BCUT2D eigenvalue weighted by atomic mass is 16.3. The van der Waals surface area contributed by atoms with Crippen molar-refractivity contribution in [2.45, 2.75) is 32.4 Å². The van der Waals surface area contributed by atoms with Crippen LogP contribution >= 0.6 is 0 Å². The lowest BCUT2D eigenvalue weighted by molar-refractivity contribution is 0.0678. The highest BCUT2D eigenvalue weighted by molar-refractivity contribution is 5.93. The molecule has 1 amide bonds. The topological polar surface area (TPSA) is 66.6 Å². The van der Waals surface area contributed by atoms with Crippen molar-refractivity contribution in [2.24, 2.45) is 5.73 Å². The SMILES string of the molecule is Cc1cc(C(N)=O)ccc1CN1CCC(C)(O)C1. The summed E-state index contributed by atoms with van der Waals surface area (Å²) < 4.78 is 0. The van der Waals surface area contributed by atoms with E-state index in [1.54, 1.807) is 6.07 Å². The van der Waals surface area contributed by atoms with E-state index in [-0.39, 0.29) is 0 Å². The van der Waals surface area contributed by atoms with E-state index in [1.165, 1.54) is 5.56 Å². The van der Waals surface area contributed by atoms with E-state index in [0.717, 1.165) is 25.1 Å². The third-order valence-electron chi connectivity index (χ3n) is 3.55. The smallest absolute Gasteiger partial charge is 0.248 e. The second-order valence-electron chi connectivity index (χ2n) is 5.46. The van der Waals surface area contributed by atoms with E-state index >= 15 is 0 Å². The van der Waals surface area contributed by atoms with Crippen LogP contribution in [0.1, 0.15) is 34.8 Å². The van der Waals surface area contributed by atoms with Crippen LogP contribution in [0.3, 0.4) is 0 Å². The number of carbonyl (C=O) groups is 1. The zero-order valence-electron chi connectivity index (χ0n) is 10.9. The molecule has 0 saturated carbocycles. The molecule has 0 radical (unpaired) electrons. The van der Waals surface area contributed by atoms with E-state index in [4.69, 9.17) is 5.73 Å². The number of likely N-dealkylation sites (tertiary alicyclic amines) is 1. The van der Waals surface area contributed by atoms with Crippen molar-refractivity contribution in [3.8, 4) is 0 Å². The number of hydrogen-bond acceptors (Lipinski definition) is 3. The molecule has 0 aromatic heterocycles. The first-order valence-corrected chi connectivity index (χ1v) is 6.21. The molecule has 1 fully saturated rings. The fraction of sp³-hybridized carbons (Fsp3) is 0.500. The van der Waals surface area contributed by atoms with Gasteiger partial charge in [0.2, 0.25) is 5.91 Å². The number of nitrogens with zero attached hydrogens (tertiary/aromatic N) is 1. The molecule has 1 aliphatic heterocycles. The highest BCUT2D eigenvalue weighted by Gasteiger charge is 2.31. The first kappa shape index (κ1) is 13.1.